The van der Waals surface area contributed by atoms with Crippen LogP contribution in [0.3, 0.4) is 0 Å². The number of anilines is 1. The van der Waals surface area contributed by atoms with Crippen LogP contribution in [-0.4, -0.2) is 21.3 Å². The van der Waals surface area contributed by atoms with Gasteiger partial charge in [-0.05, 0) is 6.92 Å². The van der Waals surface area contributed by atoms with Gasteiger partial charge in [0.1, 0.15) is 5.69 Å². The molecule has 2 N–H and O–H groups in total. The molecule has 5 heteroatoms. The maximum absolute atomic E-state index is 10.5. The SMILES string of the molecule is CC(=O)Nc1n[nH]nc1C. The lowest BCUT2D eigenvalue weighted by Gasteiger charge is -1.93. The minimum atomic E-state index is -0.142. The molecule has 1 aromatic rings. The van der Waals surface area contributed by atoms with E-state index in [4.69, 9.17) is 0 Å². The molecule has 0 unspecified atom stereocenters. The largest absolute Gasteiger partial charge is 0.308 e. The van der Waals surface area contributed by atoms with Gasteiger partial charge in [-0.1, -0.05) is 0 Å². The predicted octanol–water partition coefficient (Wildman–Crippen LogP) is 0.0715. The van der Waals surface area contributed by atoms with Crippen LogP contribution in [0.15, 0.2) is 0 Å². The highest BCUT2D eigenvalue weighted by atomic mass is 16.1. The summed E-state index contributed by atoms with van der Waals surface area (Å²) < 4.78 is 0. The summed E-state index contributed by atoms with van der Waals surface area (Å²) in [5.41, 5.74) is 0.690. The molecule has 54 valence electrons. The summed E-state index contributed by atoms with van der Waals surface area (Å²) in [6, 6.07) is 0. The highest BCUT2D eigenvalue weighted by molar-refractivity contribution is 5.87. The van der Waals surface area contributed by atoms with Gasteiger partial charge in [0, 0.05) is 6.92 Å². The van der Waals surface area contributed by atoms with E-state index < -0.39 is 0 Å². The van der Waals surface area contributed by atoms with Gasteiger partial charge in [-0.25, -0.2) is 0 Å². The number of amides is 1. The number of aromatic amines is 1. The van der Waals surface area contributed by atoms with Crippen molar-refractivity contribution < 1.29 is 4.79 Å². The molecule has 1 aromatic heterocycles. The van der Waals surface area contributed by atoms with Crippen LogP contribution >= 0.6 is 0 Å². The van der Waals surface area contributed by atoms with Crippen LogP contribution in [0.4, 0.5) is 5.82 Å². The molecule has 10 heavy (non-hydrogen) atoms. The van der Waals surface area contributed by atoms with Crippen molar-refractivity contribution in [3.63, 3.8) is 0 Å². The Morgan fingerprint density at radius 2 is 2.30 bits per heavy atom. The Bertz CT molecular complexity index is 242. The Morgan fingerprint density at radius 1 is 1.60 bits per heavy atom. The second kappa shape index (κ2) is 2.47. The third-order valence-electron chi connectivity index (χ3n) is 1.02. The first kappa shape index (κ1) is 6.73. The first-order valence-corrected chi connectivity index (χ1v) is 2.85. The van der Waals surface area contributed by atoms with E-state index in [1.165, 1.54) is 6.92 Å². The lowest BCUT2D eigenvalue weighted by atomic mass is 10.5. The molecule has 0 bridgehead atoms. The molecule has 0 saturated carbocycles. The summed E-state index contributed by atoms with van der Waals surface area (Å²) in [6.45, 7) is 3.18. The number of nitrogens with one attached hydrogen (secondary N) is 2. The fraction of sp³-hybridized carbons (Fsp3) is 0.400. The first-order valence-electron chi connectivity index (χ1n) is 2.85. The Kier molecular flexibility index (Phi) is 1.66. The molecule has 0 aromatic carbocycles. The zero-order valence-corrected chi connectivity index (χ0v) is 5.80. The van der Waals surface area contributed by atoms with E-state index in [0.29, 0.717) is 11.5 Å². The maximum atomic E-state index is 10.5. The van der Waals surface area contributed by atoms with Gasteiger partial charge < -0.3 is 5.32 Å². The van der Waals surface area contributed by atoms with E-state index in [1.54, 1.807) is 6.92 Å². The van der Waals surface area contributed by atoms with Crippen LogP contribution in [-0.2, 0) is 4.79 Å². The Labute approximate surface area is 57.8 Å². The standard InChI is InChI=1S/C5H8N4O/c1-3-5(6-4(2)10)8-9-7-3/h1-2H3,(H2,6,7,8,9,10). The fourth-order valence-corrected chi connectivity index (χ4v) is 0.569. The minimum Gasteiger partial charge on any atom is -0.308 e. The van der Waals surface area contributed by atoms with E-state index >= 15 is 0 Å². The third kappa shape index (κ3) is 1.31. The average molecular weight is 140 g/mol. The first-order chi connectivity index (χ1) is 4.70. The molecular formula is C5H8N4O. The average Bonchev–Trinajstić information content (AvgIpc) is 2.15. The molecule has 0 aliphatic rings. The molecule has 0 radical (unpaired) electrons. The zero-order valence-electron chi connectivity index (χ0n) is 5.80. The van der Waals surface area contributed by atoms with Crippen molar-refractivity contribution in [3.8, 4) is 0 Å². The Morgan fingerprint density at radius 3 is 2.70 bits per heavy atom. The highest BCUT2D eigenvalue weighted by Gasteiger charge is 2.01. The smallest absolute Gasteiger partial charge is 0.222 e. The second-order valence-electron chi connectivity index (χ2n) is 1.94. The summed E-state index contributed by atoms with van der Waals surface area (Å²) in [7, 11) is 0. The molecule has 5 nitrogen and oxygen atoms in total. The number of rotatable bonds is 1. The van der Waals surface area contributed by atoms with Gasteiger partial charge in [0.05, 0.1) is 0 Å². The maximum Gasteiger partial charge on any atom is 0.222 e. The number of nitrogens with zero attached hydrogens (tertiary/aromatic N) is 2. The van der Waals surface area contributed by atoms with Crippen LogP contribution in [0.2, 0.25) is 0 Å². The van der Waals surface area contributed by atoms with E-state index in [1.807, 2.05) is 0 Å². The van der Waals surface area contributed by atoms with Gasteiger partial charge in [0.15, 0.2) is 5.82 Å². The monoisotopic (exact) mass is 140 g/mol. The molecular weight excluding hydrogens is 132 g/mol. The van der Waals surface area contributed by atoms with Crippen molar-refractivity contribution in [1.29, 1.82) is 0 Å². The zero-order chi connectivity index (χ0) is 7.56. The molecule has 0 spiro atoms. The lowest BCUT2D eigenvalue weighted by Crippen LogP contribution is -2.06. The van der Waals surface area contributed by atoms with Crippen molar-refractivity contribution in [2.24, 2.45) is 0 Å². The number of hydrogen-bond donors (Lipinski definition) is 2. The second-order valence-corrected chi connectivity index (χ2v) is 1.94. The molecule has 0 atom stereocenters. The third-order valence-corrected chi connectivity index (χ3v) is 1.02. The molecule has 1 heterocycles. The molecule has 0 aliphatic heterocycles. The van der Waals surface area contributed by atoms with E-state index in [9.17, 15) is 4.79 Å². The fourth-order valence-electron chi connectivity index (χ4n) is 0.569. The van der Waals surface area contributed by atoms with E-state index in [2.05, 4.69) is 20.7 Å². The minimum absolute atomic E-state index is 0.142. The number of carbonyl (C=O) groups is 1. The topological polar surface area (TPSA) is 70.7 Å². The van der Waals surface area contributed by atoms with Crippen molar-refractivity contribution in [2.45, 2.75) is 13.8 Å². The quantitative estimate of drug-likeness (QED) is 0.580. The Balaban J connectivity index is 2.74. The van der Waals surface area contributed by atoms with Gasteiger partial charge >= 0.3 is 0 Å². The number of hydrogen-bond acceptors (Lipinski definition) is 3. The van der Waals surface area contributed by atoms with Gasteiger partial charge in [-0.2, -0.15) is 10.3 Å². The van der Waals surface area contributed by atoms with Crippen LogP contribution in [0, 0.1) is 6.92 Å². The summed E-state index contributed by atoms with van der Waals surface area (Å²) >= 11 is 0. The molecule has 0 saturated heterocycles. The van der Waals surface area contributed by atoms with Gasteiger partial charge in [-0.3, -0.25) is 4.79 Å². The van der Waals surface area contributed by atoms with E-state index in [-0.39, 0.29) is 5.91 Å². The van der Waals surface area contributed by atoms with Crippen molar-refractivity contribution in [3.05, 3.63) is 5.69 Å². The van der Waals surface area contributed by atoms with Crippen LogP contribution in [0.1, 0.15) is 12.6 Å². The molecule has 1 amide bonds. The number of carbonyl (C=O) groups excluding carboxylic acids is 1. The molecule has 1 rings (SSSR count). The van der Waals surface area contributed by atoms with Crippen LogP contribution in [0.25, 0.3) is 0 Å². The number of aromatic nitrogens is 3. The highest BCUT2D eigenvalue weighted by Crippen LogP contribution is 2.03. The Hall–Kier alpha value is -1.39. The molecule has 0 fully saturated rings. The van der Waals surface area contributed by atoms with Crippen LogP contribution < -0.4 is 5.32 Å². The van der Waals surface area contributed by atoms with Crippen LogP contribution in [0.5, 0.6) is 0 Å². The number of aryl methyl sites for hydroxylation is 1. The molecule has 0 aliphatic carbocycles. The van der Waals surface area contributed by atoms with Crippen molar-refractivity contribution in [1.82, 2.24) is 15.4 Å². The normalized spacial score (nSPS) is 9.40. The lowest BCUT2D eigenvalue weighted by molar-refractivity contribution is -0.114. The van der Waals surface area contributed by atoms with E-state index in [0.717, 1.165) is 0 Å². The van der Waals surface area contributed by atoms with Crippen molar-refractivity contribution in [2.75, 3.05) is 5.32 Å². The summed E-state index contributed by atoms with van der Waals surface area (Å²) in [6.07, 6.45) is 0. The number of H-pyrrole nitrogens is 1. The van der Waals surface area contributed by atoms with Gasteiger partial charge in [0.2, 0.25) is 5.91 Å². The predicted molar refractivity (Wildman–Crippen MR) is 35.4 cm³/mol. The summed E-state index contributed by atoms with van der Waals surface area (Å²) in [5.74, 6) is 0.351. The summed E-state index contributed by atoms with van der Waals surface area (Å²) in [4.78, 5) is 10.5. The summed E-state index contributed by atoms with van der Waals surface area (Å²) in [5, 5.41) is 12.3. The van der Waals surface area contributed by atoms with Crippen molar-refractivity contribution >= 4 is 11.7 Å². The van der Waals surface area contributed by atoms with Gasteiger partial charge in [0.25, 0.3) is 0 Å². The van der Waals surface area contributed by atoms with Gasteiger partial charge in [-0.15, -0.1) is 5.10 Å².